The lowest BCUT2D eigenvalue weighted by Crippen LogP contribution is -2.31. The molecule has 2 atom stereocenters. The molecule has 220 valence electrons. The summed E-state index contributed by atoms with van der Waals surface area (Å²) < 4.78 is 30.7. The van der Waals surface area contributed by atoms with Crippen LogP contribution in [0.5, 0.6) is 11.5 Å². The van der Waals surface area contributed by atoms with E-state index in [4.69, 9.17) is 23.7 Å². The Balaban J connectivity index is 1.06. The van der Waals surface area contributed by atoms with Crippen LogP contribution < -0.4 is 9.47 Å². The molecule has 0 aliphatic carbocycles. The van der Waals surface area contributed by atoms with Gasteiger partial charge in [-0.3, -0.25) is 4.74 Å². The van der Waals surface area contributed by atoms with Gasteiger partial charge in [0.25, 0.3) is 0 Å². The van der Waals surface area contributed by atoms with Crippen LogP contribution in [0.4, 0.5) is 0 Å². The van der Waals surface area contributed by atoms with E-state index in [9.17, 15) is 0 Å². The summed E-state index contributed by atoms with van der Waals surface area (Å²) in [4.78, 5) is 0. The molecule has 0 radical (unpaired) electrons. The zero-order valence-corrected chi connectivity index (χ0v) is 24.8. The van der Waals surface area contributed by atoms with Crippen molar-refractivity contribution in [3.63, 3.8) is 0 Å². The molecule has 0 fully saturated rings. The van der Waals surface area contributed by atoms with Crippen LogP contribution in [-0.2, 0) is 27.4 Å². The van der Waals surface area contributed by atoms with Crippen LogP contribution >= 0.6 is 0 Å². The van der Waals surface area contributed by atoms with Gasteiger partial charge in [0.1, 0.15) is 11.5 Å². The van der Waals surface area contributed by atoms with Crippen LogP contribution in [-0.4, -0.2) is 13.2 Å². The molecule has 0 saturated heterocycles. The predicted molar refractivity (Wildman–Crippen MR) is 170 cm³/mol. The van der Waals surface area contributed by atoms with E-state index in [1.54, 1.807) is 0 Å². The number of hydrogen-bond donors (Lipinski definition) is 0. The fraction of sp³-hybridized carbons (Fsp3) is 0.263. The highest BCUT2D eigenvalue weighted by Gasteiger charge is 2.39. The van der Waals surface area contributed by atoms with Crippen molar-refractivity contribution in [2.45, 2.75) is 52.5 Å². The van der Waals surface area contributed by atoms with Crippen LogP contribution in [0.3, 0.4) is 0 Å². The Kier molecular flexibility index (Phi) is 9.34. The van der Waals surface area contributed by atoms with E-state index in [-0.39, 0.29) is 0 Å². The lowest BCUT2D eigenvalue weighted by Gasteiger charge is -2.39. The van der Waals surface area contributed by atoms with E-state index in [1.165, 1.54) is 11.1 Å². The molecule has 0 amide bonds. The summed E-state index contributed by atoms with van der Waals surface area (Å²) in [6.07, 6.45) is 9.19. The average molecular weight is 575 g/mol. The van der Waals surface area contributed by atoms with Gasteiger partial charge in [0, 0.05) is 0 Å². The first kappa shape index (κ1) is 28.9. The Morgan fingerprint density at radius 1 is 0.605 bits per heavy atom. The molecule has 43 heavy (non-hydrogen) atoms. The highest BCUT2D eigenvalue weighted by atomic mass is 16.8. The van der Waals surface area contributed by atoms with Gasteiger partial charge in [0.15, 0.2) is 0 Å². The summed E-state index contributed by atoms with van der Waals surface area (Å²) in [6, 6.07) is 29.0. The molecule has 0 aromatic heterocycles. The molecular weight excluding hydrogens is 536 g/mol. The zero-order valence-electron chi connectivity index (χ0n) is 24.8. The van der Waals surface area contributed by atoms with Gasteiger partial charge >= 0.3 is 0 Å². The SMILES string of the molecule is Cc1cc(/C=C/CCOCc2ccccc2)cc2c1OC1OC2Oc2c(C)cc(/C=C/CCOCc3ccccc3)cc21. The van der Waals surface area contributed by atoms with Crippen LogP contribution in [0.2, 0.25) is 0 Å². The molecule has 2 aliphatic heterocycles. The molecule has 4 aromatic carbocycles. The fourth-order valence-corrected chi connectivity index (χ4v) is 5.45. The molecule has 0 spiro atoms. The molecule has 0 saturated carbocycles. The lowest BCUT2D eigenvalue weighted by atomic mass is 9.99. The van der Waals surface area contributed by atoms with Crippen LogP contribution in [0.25, 0.3) is 12.2 Å². The lowest BCUT2D eigenvalue weighted by molar-refractivity contribution is -0.228. The third-order valence-corrected chi connectivity index (χ3v) is 7.56. The van der Waals surface area contributed by atoms with E-state index < -0.39 is 12.6 Å². The molecule has 2 heterocycles. The molecule has 5 heteroatoms. The predicted octanol–water partition coefficient (Wildman–Crippen LogP) is 9.04. The largest absolute Gasteiger partial charge is 0.459 e. The summed E-state index contributed by atoms with van der Waals surface area (Å²) >= 11 is 0. The number of fused-ring (bicyclic) bond motifs is 6. The van der Waals surface area contributed by atoms with Crippen LogP contribution in [0.15, 0.2) is 97.1 Å². The molecule has 2 aliphatic rings. The fourth-order valence-electron chi connectivity index (χ4n) is 5.45. The second kappa shape index (κ2) is 13.9. The van der Waals surface area contributed by atoms with Crippen LogP contribution in [0, 0.1) is 13.8 Å². The van der Waals surface area contributed by atoms with Crippen molar-refractivity contribution < 1.29 is 23.7 Å². The van der Waals surface area contributed by atoms with Crippen molar-refractivity contribution in [2.24, 2.45) is 0 Å². The van der Waals surface area contributed by atoms with Gasteiger partial charge in [-0.1, -0.05) is 85.0 Å². The first-order valence-electron chi connectivity index (χ1n) is 15.0. The molecule has 2 bridgehead atoms. The normalized spacial score (nSPS) is 17.0. The highest BCUT2D eigenvalue weighted by Crippen LogP contribution is 2.50. The van der Waals surface area contributed by atoms with Gasteiger partial charge in [0.2, 0.25) is 12.6 Å². The first-order valence-corrected chi connectivity index (χ1v) is 15.0. The second-order valence-electron chi connectivity index (χ2n) is 11.0. The summed E-state index contributed by atoms with van der Waals surface area (Å²) in [5, 5.41) is 0. The zero-order chi connectivity index (χ0) is 29.4. The van der Waals surface area contributed by atoms with E-state index in [1.807, 2.05) is 36.4 Å². The van der Waals surface area contributed by atoms with E-state index in [2.05, 4.69) is 86.7 Å². The number of benzene rings is 4. The summed E-state index contributed by atoms with van der Waals surface area (Å²) in [7, 11) is 0. The van der Waals surface area contributed by atoms with Crippen LogP contribution in [0.1, 0.15) is 69.9 Å². The van der Waals surface area contributed by atoms with Crippen molar-refractivity contribution in [3.05, 3.63) is 142 Å². The highest BCUT2D eigenvalue weighted by molar-refractivity contribution is 5.60. The van der Waals surface area contributed by atoms with Gasteiger partial charge in [-0.05, 0) is 84.3 Å². The maximum absolute atomic E-state index is 6.43. The molecule has 4 aromatic rings. The number of hydrogen-bond acceptors (Lipinski definition) is 5. The minimum atomic E-state index is -0.510. The van der Waals surface area contributed by atoms with E-state index in [0.29, 0.717) is 26.4 Å². The maximum Gasteiger partial charge on any atom is 0.233 e. The Labute approximate surface area is 254 Å². The smallest absolute Gasteiger partial charge is 0.233 e. The monoisotopic (exact) mass is 574 g/mol. The summed E-state index contributed by atoms with van der Waals surface area (Å²) in [6.45, 7) is 6.75. The van der Waals surface area contributed by atoms with Gasteiger partial charge in [-0.25, -0.2) is 0 Å². The van der Waals surface area contributed by atoms with Crippen molar-refractivity contribution in [3.8, 4) is 11.5 Å². The number of aryl methyl sites for hydroxylation is 2. The third kappa shape index (κ3) is 7.26. The molecule has 6 rings (SSSR count). The molecular formula is C38H38O5. The second-order valence-corrected chi connectivity index (χ2v) is 11.0. The average Bonchev–Trinajstić information content (AvgIpc) is 3.03. The maximum atomic E-state index is 6.43. The Hall–Kier alpha value is -4.16. The number of ether oxygens (including phenoxy) is 5. The minimum Gasteiger partial charge on any atom is -0.459 e. The van der Waals surface area contributed by atoms with Gasteiger partial charge in [-0.15, -0.1) is 0 Å². The minimum absolute atomic E-state index is 0.510. The quantitative estimate of drug-likeness (QED) is 0.158. The Morgan fingerprint density at radius 2 is 1.05 bits per heavy atom. The van der Waals surface area contributed by atoms with Gasteiger partial charge < -0.3 is 18.9 Å². The van der Waals surface area contributed by atoms with Crippen molar-refractivity contribution in [2.75, 3.05) is 13.2 Å². The Bertz CT molecular complexity index is 1460. The van der Waals surface area contributed by atoms with Gasteiger partial charge in [0.05, 0.1) is 37.6 Å². The first-order chi connectivity index (χ1) is 21.1. The standard InChI is InChI=1S/C38H38O5/c1-27-21-31(17-9-11-19-39-25-29-13-5-3-6-14-29)23-33-35(27)41-38-34-24-32(22-28(2)36(34)42-37(33)43-38)18-10-12-20-40-26-30-15-7-4-8-16-30/h3-10,13-18,21-24,37-38H,11-12,19-20,25-26H2,1-2H3/b17-9+,18-10+. The topological polar surface area (TPSA) is 46.2 Å². The van der Waals surface area contributed by atoms with E-state index in [0.717, 1.165) is 57.7 Å². The van der Waals surface area contributed by atoms with Crippen molar-refractivity contribution in [1.82, 2.24) is 0 Å². The third-order valence-electron chi connectivity index (χ3n) is 7.56. The van der Waals surface area contributed by atoms with E-state index >= 15 is 0 Å². The molecule has 5 nitrogen and oxygen atoms in total. The van der Waals surface area contributed by atoms with Crippen molar-refractivity contribution >= 4 is 12.2 Å². The molecule has 2 unspecified atom stereocenters. The molecule has 0 N–H and O–H groups in total. The van der Waals surface area contributed by atoms with Crippen molar-refractivity contribution in [1.29, 1.82) is 0 Å². The summed E-state index contributed by atoms with van der Waals surface area (Å²) in [5.41, 5.74) is 8.51. The number of rotatable bonds is 12. The summed E-state index contributed by atoms with van der Waals surface area (Å²) in [5.74, 6) is 1.67. The van der Waals surface area contributed by atoms with Gasteiger partial charge in [-0.2, -0.15) is 0 Å². The Morgan fingerprint density at radius 3 is 1.49 bits per heavy atom.